The molecule has 3 aliphatic heterocycles. The minimum Gasteiger partial charge on any atom is -0.462 e. The Morgan fingerprint density at radius 2 is 1.88 bits per heavy atom. The first kappa shape index (κ1) is 28.2. The first-order chi connectivity index (χ1) is 20.6. The highest BCUT2D eigenvalue weighted by Crippen LogP contribution is 2.35. The number of hydrogen-bond donors (Lipinski definition) is 1. The number of fused-ring (bicyclic) bond motifs is 2. The van der Waals surface area contributed by atoms with E-state index < -0.39 is 0 Å². The highest BCUT2D eigenvalue weighted by molar-refractivity contribution is 5.94. The molecule has 0 bridgehead atoms. The molecule has 2 saturated heterocycles. The molecule has 9 heteroatoms. The predicted molar refractivity (Wildman–Crippen MR) is 165 cm³/mol. The lowest BCUT2D eigenvalue weighted by Crippen LogP contribution is -2.53. The monoisotopic (exact) mass is 565 g/mol. The molecular weight excluding hydrogens is 526 g/mol. The molecule has 218 valence electrons. The SMILES string of the molecule is CN1CCC[C@H]1COc1nc2c(c(N3CCN(CC#CCO)[C@@H](CC#N)C3)n1)CCN(c1cccc3ccccc13)C2. The molecule has 0 saturated carbocycles. The highest BCUT2D eigenvalue weighted by Gasteiger charge is 2.32. The molecule has 6 rings (SSSR count). The Hall–Kier alpha value is -3.89. The van der Waals surface area contributed by atoms with Crippen LogP contribution in [0.15, 0.2) is 42.5 Å². The largest absolute Gasteiger partial charge is 0.462 e. The average molecular weight is 566 g/mol. The van der Waals surface area contributed by atoms with Crippen LogP contribution in [-0.4, -0.2) is 96.5 Å². The van der Waals surface area contributed by atoms with Gasteiger partial charge in [0.1, 0.15) is 19.0 Å². The molecule has 2 aromatic carbocycles. The number of nitriles is 1. The van der Waals surface area contributed by atoms with E-state index in [-0.39, 0.29) is 12.6 Å². The van der Waals surface area contributed by atoms with Gasteiger partial charge >= 0.3 is 6.01 Å². The third-order valence-electron chi connectivity index (χ3n) is 8.92. The summed E-state index contributed by atoms with van der Waals surface area (Å²) in [6.45, 7) is 5.89. The minimum absolute atomic E-state index is 0.0367. The van der Waals surface area contributed by atoms with Crippen LogP contribution in [0.4, 0.5) is 11.5 Å². The first-order valence-electron chi connectivity index (χ1n) is 15.0. The van der Waals surface area contributed by atoms with Gasteiger partial charge in [0.05, 0.1) is 31.3 Å². The van der Waals surface area contributed by atoms with E-state index in [1.807, 2.05) is 0 Å². The van der Waals surface area contributed by atoms with Crippen LogP contribution in [0.3, 0.4) is 0 Å². The van der Waals surface area contributed by atoms with Crippen LogP contribution in [0.2, 0.25) is 0 Å². The van der Waals surface area contributed by atoms with Crippen molar-refractivity contribution in [3.63, 3.8) is 0 Å². The summed E-state index contributed by atoms with van der Waals surface area (Å²) in [6.07, 6.45) is 3.57. The Kier molecular flexibility index (Phi) is 8.71. The van der Waals surface area contributed by atoms with Gasteiger partial charge in [-0.3, -0.25) is 4.90 Å². The standard InChI is InChI=1S/C33H39N7O2/c1-37-16-7-10-27(37)24-42-33-35-30-23-39(31-12-6-9-25-8-2-3-11-28(25)31)18-14-29(30)32(36-33)40-20-19-38(17-4-5-21-41)26(22-40)13-15-34/h2-3,6,8-9,11-12,26-27,41H,7,10,13-14,16-24H2,1H3/t26-,27-/m0/s1. The van der Waals surface area contributed by atoms with Gasteiger partial charge in [-0.15, -0.1) is 0 Å². The van der Waals surface area contributed by atoms with E-state index in [4.69, 9.17) is 19.8 Å². The number of likely N-dealkylation sites (N-methyl/N-ethyl adjacent to an activating group) is 1. The fourth-order valence-electron chi connectivity index (χ4n) is 6.57. The number of rotatable bonds is 7. The van der Waals surface area contributed by atoms with Gasteiger partial charge in [-0.25, -0.2) is 0 Å². The maximum Gasteiger partial charge on any atom is 0.318 e. The zero-order valence-corrected chi connectivity index (χ0v) is 24.4. The van der Waals surface area contributed by atoms with Crippen LogP contribution >= 0.6 is 0 Å². The fourth-order valence-corrected chi connectivity index (χ4v) is 6.57. The van der Waals surface area contributed by atoms with Crippen LogP contribution in [0.25, 0.3) is 10.8 Å². The molecule has 1 N–H and O–H groups in total. The third-order valence-corrected chi connectivity index (χ3v) is 8.92. The maximum absolute atomic E-state index is 9.58. The molecule has 0 aliphatic carbocycles. The number of ether oxygens (including phenoxy) is 1. The van der Waals surface area contributed by atoms with Crippen LogP contribution in [-0.2, 0) is 13.0 Å². The molecule has 3 aromatic rings. The number of aliphatic hydroxyl groups excluding tert-OH is 1. The number of piperazine rings is 1. The van der Waals surface area contributed by atoms with Gasteiger partial charge in [-0.1, -0.05) is 48.2 Å². The van der Waals surface area contributed by atoms with Gasteiger partial charge in [0.15, 0.2) is 0 Å². The second kappa shape index (κ2) is 13.0. The van der Waals surface area contributed by atoms with E-state index in [0.717, 1.165) is 50.5 Å². The molecule has 2 fully saturated rings. The summed E-state index contributed by atoms with van der Waals surface area (Å²) < 4.78 is 6.32. The number of aromatic nitrogens is 2. The third kappa shape index (κ3) is 6.00. The summed E-state index contributed by atoms with van der Waals surface area (Å²) in [6, 6.07) is 18.3. The van der Waals surface area contributed by atoms with E-state index in [9.17, 15) is 5.26 Å². The lowest BCUT2D eigenvalue weighted by atomic mass is 10.0. The number of nitrogens with zero attached hydrogens (tertiary/aromatic N) is 7. The minimum atomic E-state index is -0.148. The Morgan fingerprint density at radius 1 is 1.00 bits per heavy atom. The van der Waals surface area contributed by atoms with Crippen molar-refractivity contribution in [2.24, 2.45) is 0 Å². The van der Waals surface area contributed by atoms with E-state index in [2.05, 4.69) is 87.0 Å². The summed E-state index contributed by atoms with van der Waals surface area (Å²) in [5, 5.41) is 21.1. The van der Waals surface area contributed by atoms with Crippen molar-refractivity contribution < 1.29 is 9.84 Å². The van der Waals surface area contributed by atoms with Gasteiger partial charge in [0.2, 0.25) is 0 Å². The Labute approximate surface area is 248 Å². The van der Waals surface area contributed by atoms with Gasteiger partial charge in [-0.2, -0.15) is 15.2 Å². The number of aliphatic hydroxyl groups is 1. The molecule has 42 heavy (non-hydrogen) atoms. The summed E-state index contributed by atoms with van der Waals surface area (Å²) in [5.74, 6) is 6.71. The van der Waals surface area contributed by atoms with Crippen molar-refractivity contribution in [3.05, 3.63) is 53.7 Å². The molecular formula is C33H39N7O2. The van der Waals surface area contributed by atoms with Gasteiger partial charge < -0.3 is 24.5 Å². The van der Waals surface area contributed by atoms with E-state index in [0.29, 0.717) is 44.7 Å². The molecule has 0 amide bonds. The van der Waals surface area contributed by atoms with Crippen LogP contribution < -0.4 is 14.5 Å². The Balaban J connectivity index is 1.30. The summed E-state index contributed by atoms with van der Waals surface area (Å²) in [4.78, 5) is 19.4. The van der Waals surface area contributed by atoms with E-state index in [1.54, 1.807) is 0 Å². The van der Waals surface area contributed by atoms with E-state index in [1.165, 1.54) is 28.4 Å². The lowest BCUT2D eigenvalue weighted by Gasteiger charge is -2.42. The second-order valence-corrected chi connectivity index (χ2v) is 11.5. The maximum atomic E-state index is 9.58. The van der Waals surface area contributed by atoms with Crippen molar-refractivity contribution in [2.45, 2.75) is 44.3 Å². The molecule has 0 unspecified atom stereocenters. The van der Waals surface area contributed by atoms with Crippen molar-refractivity contribution in [1.29, 1.82) is 5.26 Å². The normalized spacial score (nSPS) is 21.1. The number of likely N-dealkylation sites (tertiary alicyclic amines) is 1. The number of benzene rings is 2. The number of anilines is 2. The zero-order valence-electron chi connectivity index (χ0n) is 24.4. The van der Waals surface area contributed by atoms with Crippen molar-refractivity contribution in [1.82, 2.24) is 19.8 Å². The summed E-state index contributed by atoms with van der Waals surface area (Å²) >= 11 is 0. The van der Waals surface area contributed by atoms with Crippen molar-refractivity contribution >= 4 is 22.3 Å². The van der Waals surface area contributed by atoms with Crippen molar-refractivity contribution in [2.75, 3.05) is 69.3 Å². The average Bonchev–Trinajstić information content (AvgIpc) is 3.44. The smallest absolute Gasteiger partial charge is 0.318 e. The Morgan fingerprint density at radius 3 is 2.71 bits per heavy atom. The fraction of sp³-hybridized carbons (Fsp3) is 0.485. The van der Waals surface area contributed by atoms with Crippen LogP contribution in [0, 0.1) is 23.2 Å². The molecule has 3 aliphatic rings. The van der Waals surface area contributed by atoms with Crippen molar-refractivity contribution in [3.8, 4) is 23.9 Å². The second-order valence-electron chi connectivity index (χ2n) is 11.5. The predicted octanol–water partition coefficient (Wildman–Crippen LogP) is 3.07. The molecule has 4 heterocycles. The molecule has 2 atom stereocenters. The van der Waals surface area contributed by atoms with Gasteiger partial charge in [0, 0.05) is 54.9 Å². The first-order valence-corrected chi connectivity index (χ1v) is 15.0. The quantitative estimate of drug-likeness (QED) is 0.434. The number of hydrogen-bond acceptors (Lipinski definition) is 9. The molecule has 1 aromatic heterocycles. The topological polar surface area (TPSA) is 92.0 Å². The molecule has 0 radical (unpaired) electrons. The molecule has 9 nitrogen and oxygen atoms in total. The van der Waals surface area contributed by atoms with E-state index >= 15 is 0 Å². The van der Waals surface area contributed by atoms with Crippen LogP contribution in [0.5, 0.6) is 6.01 Å². The summed E-state index contributed by atoms with van der Waals surface area (Å²) in [5.41, 5.74) is 3.42. The summed E-state index contributed by atoms with van der Waals surface area (Å²) in [7, 11) is 2.15. The zero-order chi connectivity index (χ0) is 28.9. The van der Waals surface area contributed by atoms with Gasteiger partial charge in [0.25, 0.3) is 0 Å². The Bertz CT molecular complexity index is 1500. The highest BCUT2D eigenvalue weighted by atomic mass is 16.5. The lowest BCUT2D eigenvalue weighted by molar-refractivity contribution is 0.186. The van der Waals surface area contributed by atoms with Gasteiger partial charge in [-0.05, 0) is 44.3 Å². The molecule has 0 spiro atoms. The van der Waals surface area contributed by atoms with Crippen LogP contribution in [0.1, 0.15) is 30.5 Å².